The number of nitrogens with one attached hydrogen (secondary N) is 1. The van der Waals surface area contributed by atoms with Crippen molar-refractivity contribution >= 4 is 29.2 Å². The fraction of sp³-hybridized carbons (Fsp3) is 0.368. The first-order chi connectivity index (χ1) is 12.0. The topological polar surface area (TPSA) is 83.6 Å². The summed E-state index contributed by atoms with van der Waals surface area (Å²) in [4.78, 5) is 50.4. The number of amides is 3. The van der Waals surface area contributed by atoms with Gasteiger partial charge in [0.15, 0.2) is 5.78 Å². The Morgan fingerprint density at radius 1 is 1.12 bits per heavy atom. The van der Waals surface area contributed by atoms with Crippen LogP contribution in [-0.4, -0.2) is 34.9 Å². The van der Waals surface area contributed by atoms with Gasteiger partial charge in [0.1, 0.15) is 0 Å². The predicted octanol–water partition coefficient (Wildman–Crippen LogP) is 1.88. The zero-order valence-corrected chi connectivity index (χ0v) is 13.8. The number of Topliss-reactive ketones (excluding diaryl/α,β-unsaturated/α-hetero) is 1. The van der Waals surface area contributed by atoms with E-state index in [9.17, 15) is 19.2 Å². The molecule has 3 aliphatic rings. The number of benzene rings is 1. The lowest BCUT2D eigenvalue weighted by atomic mass is 9.85. The van der Waals surface area contributed by atoms with E-state index in [2.05, 4.69) is 5.32 Å². The van der Waals surface area contributed by atoms with E-state index in [4.69, 9.17) is 0 Å². The van der Waals surface area contributed by atoms with Gasteiger partial charge in [-0.25, -0.2) is 0 Å². The average molecular weight is 338 g/mol. The van der Waals surface area contributed by atoms with Gasteiger partial charge in [0.25, 0.3) is 0 Å². The monoisotopic (exact) mass is 338 g/mol. The van der Waals surface area contributed by atoms with Crippen LogP contribution in [0.2, 0.25) is 0 Å². The van der Waals surface area contributed by atoms with Crippen molar-refractivity contribution in [3.05, 3.63) is 41.5 Å². The zero-order valence-electron chi connectivity index (χ0n) is 13.8. The van der Waals surface area contributed by atoms with E-state index in [0.29, 0.717) is 24.1 Å². The van der Waals surface area contributed by atoms with Crippen molar-refractivity contribution in [3.8, 4) is 0 Å². The molecular weight excluding hydrogens is 320 g/mol. The number of fused-ring (bicyclic) bond motifs is 2. The van der Waals surface area contributed by atoms with Crippen molar-refractivity contribution in [1.82, 2.24) is 4.90 Å². The Kier molecular flexibility index (Phi) is 3.56. The lowest BCUT2D eigenvalue weighted by Crippen LogP contribution is -2.36. The first-order valence-corrected chi connectivity index (χ1v) is 8.45. The molecule has 1 N–H and O–H groups in total. The number of allylic oxidation sites excluding steroid dienone is 2. The van der Waals surface area contributed by atoms with Gasteiger partial charge in [-0.3, -0.25) is 24.1 Å². The molecule has 1 saturated heterocycles. The molecule has 3 atom stereocenters. The molecule has 1 aromatic rings. The van der Waals surface area contributed by atoms with E-state index in [0.717, 1.165) is 10.5 Å². The summed E-state index contributed by atoms with van der Waals surface area (Å²) in [6, 6.07) is 5.00. The number of rotatable bonds is 3. The van der Waals surface area contributed by atoms with E-state index < -0.39 is 0 Å². The number of ketones is 1. The van der Waals surface area contributed by atoms with Gasteiger partial charge in [0.2, 0.25) is 17.7 Å². The Bertz CT molecular complexity index is 816. The maximum Gasteiger partial charge on any atom is 0.233 e. The molecule has 0 bridgehead atoms. The maximum atomic E-state index is 12.6. The van der Waals surface area contributed by atoms with Crippen LogP contribution in [0, 0.1) is 11.8 Å². The molecule has 3 amide bonds. The van der Waals surface area contributed by atoms with E-state index in [1.54, 1.807) is 25.1 Å². The summed E-state index contributed by atoms with van der Waals surface area (Å²) in [7, 11) is 0. The smallest absolute Gasteiger partial charge is 0.233 e. The molecule has 0 spiro atoms. The largest absolute Gasteiger partial charge is 0.325 e. The number of nitrogens with zero attached hydrogens (tertiary/aromatic N) is 1. The van der Waals surface area contributed by atoms with Crippen molar-refractivity contribution in [2.24, 2.45) is 11.8 Å². The molecule has 6 nitrogen and oxygen atoms in total. The normalized spacial score (nSPS) is 27.3. The van der Waals surface area contributed by atoms with E-state index >= 15 is 0 Å². The Hall–Kier alpha value is -2.76. The van der Waals surface area contributed by atoms with Crippen molar-refractivity contribution in [1.29, 1.82) is 0 Å². The van der Waals surface area contributed by atoms with Crippen LogP contribution in [0.3, 0.4) is 0 Å². The highest BCUT2D eigenvalue weighted by Gasteiger charge is 2.47. The highest BCUT2D eigenvalue weighted by molar-refractivity contribution is 6.10. The van der Waals surface area contributed by atoms with Crippen LogP contribution in [0.5, 0.6) is 0 Å². The molecule has 128 valence electrons. The maximum absolute atomic E-state index is 12.6. The molecule has 0 unspecified atom stereocenters. The lowest BCUT2D eigenvalue weighted by Gasteiger charge is -2.14. The van der Waals surface area contributed by atoms with E-state index in [1.807, 2.05) is 12.2 Å². The molecule has 25 heavy (non-hydrogen) atoms. The van der Waals surface area contributed by atoms with Crippen LogP contribution < -0.4 is 5.32 Å². The number of carbonyl (C=O) groups excluding carboxylic acids is 4. The standard InChI is InChI=1S/C19H18N2O4/c1-10-14-8-11(6-7-15(14)20-17(10)23)16(22)9-21-18(24)12-4-2-3-5-13(12)19(21)25/h2-3,6-8,10,12-13H,4-5,9H2,1H3,(H,20,23)/t10-,12-,13-/m0/s1. The second kappa shape index (κ2) is 5.65. The first-order valence-electron chi connectivity index (χ1n) is 8.45. The number of imide groups is 1. The van der Waals surface area contributed by atoms with Crippen LogP contribution in [-0.2, 0) is 14.4 Å². The van der Waals surface area contributed by atoms with Gasteiger partial charge in [-0.05, 0) is 43.5 Å². The quantitative estimate of drug-likeness (QED) is 0.518. The highest BCUT2D eigenvalue weighted by atomic mass is 16.2. The molecule has 4 rings (SSSR count). The molecule has 0 aromatic heterocycles. The summed E-state index contributed by atoms with van der Waals surface area (Å²) in [5.74, 6) is -1.85. The Morgan fingerprint density at radius 3 is 2.40 bits per heavy atom. The summed E-state index contributed by atoms with van der Waals surface area (Å²) in [5.41, 5.74) is 1.89. The first kappa shape index (κ1) is 15.7. The van der Waals surface area contributed by atoms with Crippen molar-refractivity contribution in [2.45, 2.75) is 25.7 Å². The van der Waals surface area contributed by atoms with Gasteiger partial charge in [-0.2, -0.15) is 0 Å². The second-order valence-electron chi connectivity index (χ2n) is 6.85. The fourth-order valence-corrected chi connectivity index (χ4v) is 3.85. The van der Waals surface area contributed by atoms with Gasteiger partial charge in [0, 0.05) is 11.3 Å². The molecule has 0 radical (unpaired) electrons. The van der Waals surface area contributed by atoms with Gasteiger partial charge >= 0.3 is 0 Å². The number of hydrogen-bond acceptors (Lipinski definition) is 4. The van der Waals surface area contributed by atoms with E-state index in [1.165, 1.54) is 0 Å². The third-order valence-corrected chi connectivity index (χ3v) is 5.39. The van der Waals surface area contributed by atoms with Gasteiger partial charge in [-0.1, -0.05) is 12.2 Å². The minimum atomic E-state index is -0.327. The Labute approximate surface area is 144 Å². The minimum absolute atomic E-state index is 0.0962. The number of likely N-dealkylation sites (tertiary alicyclic amines) is 1. The van der Waals surface area contributed by atoms with Gasteiger partial charge in [0.05, 0.1) is 24.3 Å². The summed E-state index contributed by atoms with van der Waals surface area (Å²) < 4.78 is 0. The average Bonchev–Trinajstić information content (AvgIpc) is 3.04. The molecule has 1 aromatic carbocycles. The van der Waals surface area contributed by atoms with Crippen molar-refractivity contribution in [2.75, 3.05) is 11.9 Å². The van der Waals surface area contributed by atoms with Crippen LogP contribution in [0.4, 0.5) is 5.69 Å². The summed E-state index contributed by atoms with van der Waals surface area (Å²) in [6.45, 7) is 1.54. The van der Waals surface area contributed by atoms with E-state index in [-0.39, 0.29) is 47.8 Å². The molecule has 2 aliphatic heterocycles. The predicted molar refractivity (Wildman–Crippen MR) is 89.9 cm³/mol. The highest BCUT2D eigenvalue weighted by Crippen LogP contribution is 2.36. The molecule has 0 saturated carbocycles. The third-order valence-electron chi connectivity index (χ3n) is 5.39. The Morgan fingerprint density at radius 2 is 1.76 bits per heavy atom. The SMILES string of the molecule is C[C@@H]1C(=O)Nc2ccc(C(=O)CN3C(=O)[C@H]4CC=CC[C@@H]4C3=O)cc21. The van der Waals surface area contributed by atoms with Crippen molar-refractivity contribution < 1.29 is 19.2 Å². The third kappa shape index (κ3) is 2.40. The molecule has 1 aliphatic carbocycles. The minimum Gasteiger partial charge on any atom is -0.325 e. The second-order valence-corrected chi connectivity index (χ2v) is 6.85. The molecule has 2 heterocycles. The molecule has 1 fully saturated rings. The van der Waals surface area contributed by atoms with Crippen LogP contribution >= 0.6 is 0 Å². The molecular formula is C19H18N2O4. The summed E-state index contributed by atoms with van der Waals surface area (Å²) in [5, 5.41) is 2.76. The summed E-state index contributed by atoms with van der Waals surface area (Å²) >= 11 is 0. The fourth-order valence-electron chi connectivity index (χ4n) is 3.85. The van der Waals surface area contributed by atoms with Crippen LogP contribution in [0.15, 0.2) is 30.4 Å². The van der Waals surface area contributed by atoms with Crippen LogP contribution in [0.25, 0.3) is 0 Å². The zero-order chi connectivity index (χ0) is 17.7. The number of anilines is 1. The van der Waals surface area contributed by atoms with Gasteiger partial charge < -0.3 is 5.32 Å². The number of hydrogen-bond donors (Lipinski definition) is 1. The lowest BCUT2D eigenvalue weighted by molar-refractivity contribution is -0.139. The molecule has 6 heteroatoms. The summed E-state index contributed by atoms with van der Waals surface area (Å²) in [6.07, 6.45) is 4.96. The van der Waals surface area contributed by atoms with Gasteiger partial charge in [-0.15, -0.1) is 0 Å². The number of carbonyl (C=O) groups is 4. The Balaban J connectivity index is 1.54. The van der Waals surface area contributed by atoms with Crippen LogP contribution in [0.1, 0.15) is 41.6 Å². The van der Waals surface area contributed by atoms with Crippen molar-refractivity contribution in [3.63, 3.8) is 0 Å².